The van der Waals surface area contributed by atoms with Crippen LogP contribution < -0.4 is 5.73 Å². The minimum absolute atomic E-state index is 0.134. The molecule has 0 bridgehead atoms. The molecule has 16 heavy (non-hydrogen) atoms. The van der Waals surface area contributed by atoms with Gasteiger partial charge in [-0.2, -0.15) is 0 Å². The molecule has 1 saturated heterocycles. The lowest BCUT2D eigenvalue weighted by atomic mass is 9.96. The van der Waals surface area contributed by atoms with Crippen LogP contribution in [0.1, 0.15) is 45.4 Å². The Morgan fingerprint density at radius 1 is 1.44 bits per heavy atom. The fourth-order valence-electron chi connectivity index (χ4n) is 2.03. The Bertz CT molecular complexity index is 203. The Hall–Kier alpha value is -0.610. The molecule has 1 amide bonds. The van der Waals surface area contributed by atoms with Gasteiger partial charge in [0.25, 0.3) is 0 Å². The molecular formula is C12H24N2O2. The van der Waals surface area contributed by atoms with Gasteiger partial charge in [0.1, 0.15) is 0 Å². The van der Waals surface area contributed by atoms with Gasteiger partial charge in [-0.3, -0.25) is 9.63 Å². The van der Waals surface area contributed by atoms with Crippen molar-refractivity contribution in [1.29, 1.82) is 0 Å². The molecule has 0 radical (unpaired) electrons. The van der Waals surface area contributed by atoms with Crippen LogP contribution in [0.4, 0.5) is 0 Å². The smallest absolute Gasteiger partial charge is 0.246 e. The molecule has 1 heterocycles. The molecule has 1 atom stereocenters. The summed E-state index contributed by atoms with van der Waals surface area (Å²) in [7, 11) is 0. The average molecular weight is 228 g/mol. The standard InChI is InChI=1S/C12H24N2O2/c1-2-11(7-8-13)5-6-12(15)14-9-3-4-10-16-14/h11H,2-10,13H2,1H3. The number of hydroxylamine groups is 2. The zero-order valence-corrected chi connectivity index (χ0v) is 10.3. The zero-order chi connectivity index (χ0) is 11.8. The maximum absolute atomic E-state index is 11.8. The first-order valence-corrected chi connectivity index (χ1v) is 6.41. The minimum Gasteiger partial charge on any atom is -0.330 e. The second-order valence-electron chi connectivity index (χ2n) is 4.43. The van der Waals surface area contributed by atoms with E-state index in [9.17, 15) is 4.79 Å². The van der Waals surface area contributed by atoms with E-state index in [0.29, 0.717) is 25.5 Å². The highest BCUT2D eigenvalue weighted by molar-refractivity contribution is 5.75. The minimum atomic E-state index is 0.134. The molecule has 94 valence electrons. The summed E-state index contributed by atoms with van der Waals surface area (Å²) < 4.78 is 0. The molecule has 0 spiro atoms. The van der Waals surface area contributed by atoms with E-state index in [1.165, 1.54) is 0 Å². The first-order valence-electron chi connectivity index (χ1n) is 6.41. The number of hydrogen-bond acceptors (Lipinski definition) is 3. The Kier molecular flexibility index (Phi) is 6.42. The molecular weight excluding hydrogens is 204 g/mol. The van der Waals surface area contributed by atoms with E-state index in [-0.39, 0.29) is 5.91 Å². The van der Waals surface area contributed by atoms with Gasteiger partial charge in [-0.25, -0.2) is 5.06 Å². The van der Waals surface area contributed by atoms with E-state index < -0.39 is 0 Å². The Morgan fingerprint density at radius 2 is 2.25 bits per heavy atom. The highest BCUT2D eigenvalue weighted by Crippen LogP contribution is 2.16. The maximum atomic E-state index is 11.8. The molecule has 0 aromatic carbocycles. The maximum Gasteiger partial charge on any atom is 0.246 e. The molecule has 1 unspecified atom stereocenters. The second kappa shape index (κ2) is 7.63. The van der Waals surface area contributed by atoms with Crippen LogP contribution in [-0.4, -0.2) is 30.7 Å². The quantitative estimate of drug-likeness (QED) is 0.752. The van der Waals surface area contributed by atoms with Gasteiger partial charge in [-0.15, -0.1) is 0 Å². The van der Waals surface area contributed by atoms with Gasteiger partial charge in [-0.1, -0.05) is 13.3 Å². The van der Waals surface area contributed by atoms with Crippen molar-refractivity contribution in [2.45, 2.75) is 45.4 Å². The first kappa shape index (κ1) is 13.5. The van der Waals surface area contributed by atoms with Crippen molar-refractivity contribution in [2.24, 2.45) is 11.7 Å². The summed E-state index contributed by atoms with van der Waals surface area (Å²) >= 11 is 0. The molecule has 4 nitrogen and oxygen atoms in total. The summed E-state index contributed by atoms with van der Waals surface area (Å²) in [4.78, 5) is 17.1. The molecule has 0 aromatic rings. The van der Waals surface area contributed by atoms with Gasteiger partial charge >= 0.3 is 0 Å². The number of nitrogens with zero attached hydrogens (tertiary/aromatic N) is 1. The lowest BCUT2D eigenvalue weighted by Crippen LogP contribution is -2.35. The predicted octanol–water partition coefficient (Wildman–Crippen LogP) is 1.70. The monoisotopic (exact) mass is 228 g/mol. The summed E-state index contributed by atoms with van der Waals surface area (Å²) in [5, 5.41) is 1.54. The van der Waals surface area contributed by atoms with Crippen LogP contribution in [0.3, 0.4) is 0 Å². The van der Waals surface area contributed by atoms with Crippen LogP contribution in [-0.2, 0) is 9.63 Å². The zero-order valence-electron chi connectivity index (χ0n) is 10.3. The van der Waals surface area contributed by atoms with Crippen molar-refractivity contribution >= 4 is 5.91 Å². The normalized spacial score (nSPS) is 18.5. The van der Waals surface area contributed by atoms with Crippen molar-refractivity contribution in [2.75, 3.05) is 19.7 Å². The Labute approximate surface area is 98.1 Å². The number of carbonyl (C=O) groups is 1. The summed E-state index contributed by atoms with van der Waals surface area (Å²) in [5.41, 5.74) is 5.53. The van der Waals surface area contributed by atoms with E-state index in [2.05, 4.69) is 6.92 Å². The number of hydrogen-bond donors (Lipinski definition) is 1. The number of carbonyl (C=O) groups excluding carboxylic acids is 1. The van der Waals surface area contributed by atoms with Crippen LogP contribution in [0.2, 0.25) is 0 Å². The largest absolute Gasteiger partial charge is 0.330 e. The first-order chi connectivity index (χ1) is 7.77. The number of amides is 1. The number of nitrogens with two attached hydrogens (primary N) is 1. The van der Waals surface area contributed by atoms with Gasteiger partial charge in [0.2, 0.25) is 5.91 Å². The van der Waals surface area contributed by atoms with Gasteiger partial charge in [-0.05, 0) is 38.1 Å². The molecule has 2 N–H and O–H groups in total. The molecule has 0 saturated carbocycles. The summed E-state index contributed by atoms with van der Waals surface area (Å²) in [6.07, 6.45) is 5.78. The van der Waals surface area contributed by atoms with Crippen molar-refractivity contribution < 1.29 is 9.63 Å². The van der Waals surface area contributed by atoms with E-state index in [1.54, 1.807) is 5.06 Å². The SMILES string of the molecule is CCC(CCN)CCC(=O)N1CCCCO1. The average Bonchev–Trinajstić information content (AvgIpc) is 2.35. The van der Waals surface area contributed by atoms with Crippen molar-refractivity contribution in [3.63, 3.8) is 0 Å². The van der Waals surface area contributed by atoms with E-state index in [0.717, 1.165) is 38.6 Å². The van der Waals surface area contributed by atoms with Crippen molar-refractivity contribution in [3.05, 3.63) is 0 Å². The van der Waals surface area contributed by atoms with Crippen LogP contribution in [0.25, 0.3) is 0 Å². The summed E-state index contributed by atoms with van der Waals surface area (Å²) in [6.45, 7) is 4.31. The third-order valence-electron chi connectivity index (χ3n) is 3.20. The highest BCUT2D eigenvalue weighted by Gasteiger charge is 2.18. The van der Waals surface area contributed by atoms with Crippen LogP contribution in [0.5, 0.6) is 0 Å². The topological polar surface area (TPSA) is 55.6 Å². The molecule has 1 aliphatic rings. The molecule has 4 heteroatoms. The lowest BCUT2D eigenvalue weighted by Gasteiger charge is -2.26. The van der Waals surface area contributed by atoms with E-state index in [4.69, 9.17) is 10.6 Å². The fourth-order valence-corrected chi connectivity index (χ4v) is 2.03. The third-order valence-corrected chi connectivity index (χ3v) is 3.20. The number of rotatable bonds is 6. The summed E-state index contributed by atoms with van der Waals surface area (Å²) in [6, 6.07) is 0. The predicted molar refractivity (Wildman–Crippen MR) is 63.6 cm³/mol. The van der Waals surface area contributed by atoms with Gasteiger partial charge in [0, 0.05) is 13.0 Å². The fraction of sp³-hybridized carbons (Fsp3) is 0.917. The summed E-state index contributed by atoms with van der Waals surface area (Å²) in [5.74, 6) is 0.717. The van der Waals surface area contributed by atoms with Crippen LogP contribution >= 0.6 is 0 Å². The molecule has 0 aliphatic carbocycles. The van der Waals surface area contributed by atoms with E-state index in [1.807, 2.05) is 0 Å². The van der Waals surface area contributed by atoms with Gasteiger partial charge in [0.15, 0.2) is 0 Å². The van der Waals surface area contributed by atoms with Gasteiger partial charge in [0.05, 0.1) is 6.61 Å². The Balaban J connectivity index is 2.22. The molecule has 1 rings (SSSR count). The van der Waals surface area contributed by atoms with Gasteiger partial charge < -0.3 is 5.73 Å². The van der Waals surface area contributed by atoms with Crippen molar-refractivity contribution in [1.82, 2.24) is 5.06 Å². The molecule has 1 aliphatic heterocycles. The van der Waals surface area contributed by atoms with Crippen LogP contribution in [0.15, 0.2) is 0 Å². The van der Waals surface area contributed by atoms with Crippen LogP contribution in [0, 0.1) is 5.92 Å². The molecule has 1 fully saturated rings. The molecule has 0 aromatic heterocycles. The lowest BCUT2D eigenvalue weighted by molar-refractivity contribution is -0.197. The third kappa shape index (κ3) is 4.49. The Morgan fingerprint density at radius 3 is 2.81 bits per heavy atom. The highest BCUT2D eigenvalue weighted by atomic mass is 16.7. The van der Waals surface area contributed by atoms with Crippen molar-refractivity contribution in [3.8, 4) is 0 Å². The van der Waals surface area contributed by atoms with E-state index >= 15 is 0 Å². The second-order valence-corrected chi connectivity index (χ2v) is 4.43.